The average Bonchev–Trinajstić information content (AvgIpc) is 3.04. The van der Waals surface area contributed by atoms with Gasteiger partial charge in [0.2, 0.25) is 0 Å². The van der Waals surface area contributed by atoms with Gasteiger partial charge in [-0.05, 0) is 29.7 Å². The number of carbonyl (C=O) groups excluding carboxylic acids is 1. The number of aryl methyl sites for hydroxylation is 1. The van der Waals surface area contributed by atoms with E-state index >= 15 is 0 Å². The maximum absolute atomic E-state index is 12.4. The molecule has 104 valence electrons. The average molecular weight is 277 g/mol. The van der Waals surface area contributed by atoms with Gasteiger partial charge in [0.15, 0.2) is 0 Å². The van der Waals surface area contributed by atoms with Crippen LogP contribution in [0, 0.1) is 6.92 Å². The number of carbonyl (C=O) groups is 1. The molecule has 1 fully saturated rings. The minimum atomic E-state index is -0.00500. The minimum Gasteiger partial charge on any atom is -0.363 e. The van der Waals surface area contributed by atoms with Crippen LogP contribution in [-0.4, -0.2) is 11.9 Å². The summed E-state index contributed by atoms with van der Waals surface area (Å²) in [6.45, 7) is 2.02. The van der Waals surface area contributed by atoms with E-state index < -0.39 is 0 Å². The molecule has 2 aromatic rings. The Bertz CT molecular complexity index is 783. The van der Waals surface area contributed by atoms with E-state index in [1.54, 1.807) is 0 Å². The molecule has 2 aromatic carbocycles. The number of fused-ring (bicyclic) bond motifs is 10. The van der Waals surface area contributed by atoms with Crippen molar-refractivity contribution in [3.05, 3.63) is 70.3 Å². The predicted molar refractivity (Wildman–Crippen MR) is 78.2 cm³/mol. The molecule has 1 N–H and O–H groups in total. The lowest BCUT2D eigenvalue weighted by atomic mass is 9.73. The van der Waals surface area contributed by atoms with Crippen molar-refractivity contribution in [2.75, 3.05) is 0 Å². The number of hydrogen-bond donors (Lipinski definition) is 1. The van der Waals surface area contributed by atoms with Gasteiger partial charge in [-0.2, -0.15) is 0 Å². The summed E-state index contributed by atoms with van der Waals surface area (Å²) in [6.07, 6.45) is 0.0628. The molecule has 3 heteroatoms. The molecule has 0 radical (unpaired) electrons. The van der Waals surface area contributed by atoms with Crippen LogP contribution < -0.4 is 5.32 Å². The molecule has 2 bridgehead atoms. The van der Waals surface area contributed by atoms with Crippen LogP contribution in [0.5, 0.6) is 0 Å². The number of amides is 1. The fraction of sp³-hybridized carbons (Fsp3) is 0.278. The molecular formula is C18H15NO2. The number of ether oxygens (including phenoxy) is 1. The van der Waals surface area contributed by atoms with Crippen LogP contribution in [0.4, 0.5) is 0 Å². The monoisotopic (exact) mass is 277 g/mol. The van der Waals surface area contributed by atoms with Gasteiger partial charge in [0.05, 0.1) is 12.1 Å². The third kappa shape index (κ3) is 1.34. The Morgan fingerprint density at radius 1 is 1.00 bits per heavy atom. The quantitative estimate of drug-likeness (QED) is 0.804. The van der Waals surface area contributed by atoms with E-state index in [-0.39, 0.29) is 30.1 Å². The molecule has 4 atom stereocenters. The molecular weight excluding hydrogens is 262 g/mol. The normalized spacial score (nSPS) is 31.4. The predicted octanol–water partition coefficient (Wildman–Crippen LogP) is 3.02. The lowest BCUT2D eigenvalue weighted by molar-refractivity contribution is 0.0611. The van der Waals surface area contributed by atoms with Crippen molar-refractivity contribution in [3.63, 3.8) is 0 Å². The fourth-order valence-corrected chi connectivity index (χ4v) is 4.18. The van der Waals surface area contributed by atoms with Gasteiger partial charge in [-0.15, -0.1) is 0 Å². The van der Waals surface area contributed by atoms with Crippen molar-refractivity contribution in [2.24, 2.45) is 0 Å². The van der Waals surface area contributed by atoms with Crippen molar-refractivity contribution < 1.29 is 9.53 Å². The van der Waals surface area contributed by atoms with Gasteiger partial charge < -0.3 is 10.1 Å². The molecule has 1 saturated heterocycles. The van der Waals surface area contributed by atoms with E-state index in [4.69, 9.17) is 4.74 Å². The van der Waals surface area contributed by atoms with Gasteiger partial charge in [0.1, 0.15) is 6.10 Å². The zero-order valence-corrected chi connectivity index (χ0v) is 11.7. The van der Waals surface area contributed by atoms with Gasteiger partial charge in [-0.1, -0.05) is 42.0 Å². The molecule has 3 nitrogen and oxygen atoms in total. The summed E-state index contributed by atoms with van der Waals surface area (Å²) in [5.41, 5.74) is 5.58. The second-order valence-electron chi connectivity index (χ2n) is 6.22. The lowest BCUT2D eigenvalue weighted by Gasteiger charge is -2.35. The molecule has 1 amide bonds. The Hall–Kier alpha value is -2.13. The number of hydrogen-bond acceptors (Lipinski definition) is 2. The minimum absolute atomic E-state index is 0.00500. The summed E-state index contributed by atoms with van der Waals surface area (Å²) in [4.78, 5) is 12.4. The number of benzene rings is 2. The zero-order chi connectivity index (χ0) is 14.1. The van der Waals surface area contributed by atoms with Crippen molar-refractivity contribution in [1.82, 2.24) is 5.32 Å². The maximum Gasteiger partial charge on any atom is 0.251 e. The molecule has 3 heterocycles. The Kier molecular flexibility index (Phi) is 2.05. The second-order valence-corrected chi connectivity index (χ2v) is 6.22. The highest BCUT2D eigenvalue weighted by Gasteiger charge is 2.55. The van der Waals surface area contributed by atoms with Crippen LogP contribution in [0.3, 0.4) is 0 Å². The van der Waals surface area contributed by atoms with Gasteiger partial charge in [-0.3, -0.25) is 4.79 Å². The highest BCUT2D eigenvalue weighted by Crippen LogP contribution is 2.59. The van der Waals surface area contributed by atoms with Gasteiger partial charge in [0.25, 0.3) is 5.91 Å². The summed E-state index contributed by atoms with van der Waals surface area (Å²) in [5.74, 6) is 0.266. The van der Waals surface area contributed by atoms with E-state index in [1.165, 1.54) is 11.1 Å². The van der Waals surface area contributed by atoms with E-state index in [0.29, 0.717) is 0 Å². The first-order chi connectivity index (χ1) is 10.2. The summed E-state index contributed by atoms with van der Waals surface area (Å²) in [7, 11) is 0. The van der Waals surface area contributed by atoms with E-state index in [9.17, 15) is 4.79 Å². The van der Waals surface area contributed by atoms with Crippen LogP contribution in [0.25, 0.3) is 0 Å². The van der Waals surface area contributed by atoms with Gasteiger partial charge in [-0.25, -0.2) is 0 Å². The highest BCUT2D eigenvalue weighted by atomic mass is 16.5. The van der Waals surface area contributed by atoms with Gasteiger partial charge in [0, 0.05) is 11.5 Å². The smallest absolute Gasteiger partial charge is 0.251 e. The van der Waals surface area contributed by atoms with E-state index in [2.05, 4.69) is 35.6 Å². The van der Waals surface area contributed by atoms with Crippen LogP contribution in [0.2, 0.25) is 0 Å². The molecule has 0 saturated carbocycles. The second kappa shape index (κ2) is 3.74. The highest BCUT2D eigenvalue weighted by molar-refractivity contribution is 5.98. The van der Waals surface area contributed by atoms with Crippen molar-refractivity contribution in [1.29, 1.82) is 0 Å². The third-order valence-corrected chi connectivity index (χ3v) is 5.05. The lowest BCUT2D eigenvalue weighted by Crippen LogP contribution is -2.46. The molecule has 3 aliphatic rings. The third-order valence-electron chi connectivity index (χ3n) is 5.05. The van der Waals surface area contributed by atoms with Gasteiger partial charge >= 0.3 is 0 Å². The first kappa shape index (κ1) is 11.5. The van der Waals surface area contributed by atoms with Crippen LogP contribution >= 0.6 is 0 Å². The van der Waals surface area contributed by atoms with Crippen molar-refractivity contribution in [3.8, 4) is 0 Å². The van der Waals surface area contributed by atoms with E-state index in [0.717, 1.165) is 16.7 Å². The Morgan fingerprint density at radius 2 is 1.76 bits per heavy atom. The van der Waals surface area contributed by atoms with Crippen LogP contribution in [-0.2, 0) is 4.74 Å². The molecule has 0 spiro atoms. The molecule has 21 heavy (non-hydrogen) atoms. The summed E-state index contributed by atoms with van der Waals surface area (Å²) >= 11 is 0. The zero-order valence-electron chi connectivity index (χ0n) is 11.7. The first-order valence-corrected chi connectivity index (χ1v) is 7.40. The van der Waals surface area contributed by atoms with Crippen LogP contribution in [0.15, 0.2) is 42.5 Å². The molecule has 3 aliphatic heterocycles. The molecule has 0 aromatic heterocycles. The summed E-state index contributed by atoms with van der Waals surface area (Å²) < 4.78 is 6.21. The SMILES string of the molecule is Cc1ccc2c(c1)C(=O)NC1C2[C@@H]2O[C@H]1c1ccccc12. The Balaban J connectivity index is 1.72. The van der Waals surface area contributed by atoms with Crippen molar-refractivity contribution in [2.45, 2.75) is 31.1 Å². The van der Waals surface area contributed by atoms with Crippen molar-refractivity contribution >= 4 is 5.91 Å². The maximum atomic E-state index is 12.4. The van der Waals surface area contributed by atoms with Crippen LogP contribution in [0.1, 0.15) is 50.7 Å². The first-order valence-electron chi connectivity index (χ1n) is 7.40. The molecule has 0 aliphatic carbocycles. The Labute approximate surface area is 122 Å². The summed E-state index contributed by atoms with van der Waals surface area (Å²) in [5, 5.41) is 3.17. The standard InChI is InChI=1S/C18H15NO2/c1-9-6-7-10-13(8-9)18(20)19-15-14(10)16-11-4-2-3-5-12(11)17(15)21-16/h2-8,14-17H,1H3,(H,19,20)/t14?,15?,16-,17+/m1/s1. The fourth-order valence-electron chi connectivity index (χ4n) is 4.18. The largest absolute Gasteiger partial charge is 0.363 e. The Morgan fingerprint density at radius 3 is 2.57 bits per heavy atom. The number of nitrogens with one attached hydrogen (secondary N) is 1. The van der Waals surface area contributed by atoms with E-state index in [1.807, 2.05) is 19.1 Å². The molecule has 5 rings (SSSR count). The summed E-state index contributed by atoms with van der Waals surface area (Å²) in [6, 6.07) is 14.6. The molecule has 2 unspecified atom stereocenters. The topological polar surface area (TPSA) is 38.3 Å². The number of rotatable bonds is 0.